The first-order chi connectivity index (χ1) is 29.3. The van der Waals surface area contributed by atoms with Crippen LogP contribution >= 0.6 is 0 Å². The van der Waals surface area contributed by atoms with Crippen molar-refractivity contribution in [3.8, 4) is 0 Å². The molecule has 0 heterocycles. The fourth-order valence-electron chi connectivity index (χ4n) is 6.00. The summed E-state index contributed by atoms with van der Waals surface area (Å²) in [6, 6.07) is 4.72. The molecule has 20 nitrogen and oxygen atoms in total. The van der Waals surface area contributed by atoms with E-state index in [1.165, 1.54) is 6.92 Å². The second-order valence-corrected chi connectivity index (χ2v) is 18.6. The number of carbonyl (C=O) groups is 8. The Labute approximate surface area is 376 Å². The Bertz CT molecular complexity index is 1880. The van der Waals surface area contributed by atoms with Gasteiger partial charge in [-0.25, -0.2) is 14.5 Å². The van der Waals surface area contributed by atoms with Crippen LogP contribution in [0.2, 0.25) is 0 Å². The summed E-state index contributed by atoms with van der Waals surface area (Å²) in [7, 11) is 0. The number of nitrogens with zero attached hydrogens (tertiary/aromatic N) is 2. The molecule has 0 aliphatic heterocycles. The highest BCUT2D eigenvalue weighted by atomic mass is 16.6. The number of ether oxygens (including phenoxy) is 3. The Morgan fingerprint density at radius 1 is 0.766 bits per heavy atom. The third kappa shape index (κ3) is 21.4. The van der Waals surface area contributed by atoms with Crippen molar-refractivity contribution in [2.45, 2.75) is 151 Å². The van der Waals surface area contributed by atoms with Gasteiger partial charge in [0.05, 0.1) is 24.9 Å². The molecule has 64 heavy (non-hydrogen) atoms. The summed E-state index contributed by atoms with van der Waals surface area (Å²) in [6.07, 6.45) is -2.60. The quantitative estimate of drug-likeness (QED) is 0.0346. The number of benzene rings is 1. The third-order valence-electron chi connectivity index (χ3n) is 8.79. The molecule has 1 rings (SSSR count). The van der Waals surface area contributed by atoms with E-state index in [1.54, 1.807) is 113 Å². The van der Waals surface area contributed by atoms with E-state index in [0.29, 0.717) is 16.0 Å². The van der Waals surface area contributed by atoms with Crippen LogP contribution in [0, 0.1) is 11.8 Å². The summed E-state index contributed by atoms with van der Waals surface area (Å²) in [5.41, 5.74) is 15.7. The van der Waals surface area contributed by atoms with Gasteiger partial charge in [0.25, 0.3) is 0 Å². The summed E-state index contributed by atoms with van der Waals surface area (Å²) in [5.74, 6) is -6.80. The number of nitrogens with one attached hydrogen (secondary N) is 4. The lowest BCUT2D eigenvalue weighted by Crippen LogP contribution is -2.56. The van der Waals surface area contributed by atoms with Crippen molar-refractivity contribution < 1.29 is 52.6 Å². The molecule has 0 aliphatic rings. The number of allylic oxidation sites excluding steroid dienone is 1. The standard InChI is InChI=1S/C44H71N9O11/c1-25(2)34(26(3)27(4)50-36(57)30(22-28-18-15-14-16-19-28)51-35(56)29(45)23-33(55)62-42(5,6)7)38(59)53(41(61)64-44(11,12)13)31(37(58)49-24-32(46)54)20-17-21-48-39(47)52-40(60)63-43(8,9)10/h14-16,18-19,25,29-31,34H,17,20-24,45H2,1-13H3,(H2,46,54)(H,49,58)(H,50,57)(H,51,56)(H3,47,48,52,60)/b27-26+/t29-,30+,31-,34+/m0/s1. The SMILES string of the molecule is C/C(NC(=O)[C@@H](Cc1ccccc1)NC(=O)[C@@H](N)CC(=O)OC(C)(C)C)=C(/C)[C@H](C(=O)N(C(=O)OC(C)(C)C)[C@@H](CCCN=C(N)NC(=O)OC(C)(C)C)C(=O)NCC(N)=O)C(C)C. The lowest BCUT2D eigenvalue weighted by atomic mass is 9.86. The van der Waals surface area contributed by atoms with Gasteiger partial charge >= 0.3 is 18.2 Å². The van der Waals surface area contributed by atoms with Crippen molar-refractivity contribution in [1.82, 2.24) is 26.2 Å². The van der Waals surface area contributed by atoms with Gasteiger partial charge in [-0.1, -0.05) is 44.2 Å². The Kier molecular flexibility index (Phi) is 21.6. The second-order valence-electron chi connectivity index (χ2n) is 18.6. The molecule has 0 saturated carbocycles. The van der Waals surface area contributed by atoms with Gasteiger partial charge in [0.1, 0.15) is 28.9 Å². The van der Waals surface area contributed by atoms with Crippen LogP contribution in [0.25, 0.3) is 0 Å². The molecular formula is C44H71N9O11. The van der Waals surface area contributed by atoms with Gasteiger partial charge in [0.15, 0.2) is 5.96 Å². The van der Waals surface area contributed by atoms with Crippen molar-refractivity contribution in [3.63, 3.8) is 0 Å². The predicted molar refractivity (Wildman–Crippen MR) is 240 cm³/mol. The number of amides is 7. The van der Waals surface area contributed by atoms with Crippen LogP contribution in [0.5, 0.6) is 0 Å². The van der Waals surface area contributed by atoms with Gasteiger partial charge in [-0.15, -0.1) is 0 Å². The number of imide groups is 1. The minimum absolute atomic E-state index is 0.0255. The topological polar surface area (TPSA) is 306 Å². The first-order valence-corrected chi connectivity index (χ1v) is 21.0. The molecule has 358 valence electrons. The summed E-state index contributed by atoms with van der Waals surface area (Å²) >= 11 is 0. The molecule has 4 atom stereocenters. The average Bonchev–Trinajstić information content (AvgIpc) is 3.12. The van der Waals surface area contributed by atoms with Gasteiger partial charge in [-0.2, -0.15) is 0 Å². The van der Waals surface area contributed by atoms with Crippen LogP contribution in [-0.4, -0.2) is 107 Å². The summed E-state index contributed by atoms with van der Waals surface area (Å²) in [5, 5.41) is 10.1. The molecule has 0 unspecified atom stereocenters. The van der Waals surface area contributed by atoms with E-state index in [2.05, 4.69) is 26.3 Å². The number of hydrogen-bond acceptors (Lipinski definition) is 13. The number of hydrogen-bond donors (Lipinski definition) is 7. The Morgan fingerprint density at radius 3 is 1.84 bits per heavy atom. The lowest BCUT2D eigenvalue weighted by Gasteiger charge is -2.35. The van der Waals surface area contributed by atoms with Crippen LogP contribution in [0.3, 0.4) is 0 Å². The molecule has 0 fully saturated rings. The third-order valence-corrected chi connectivity index (χ3v) is 8.79. The number of esters is 1. The molecule has 0 saturated heterocycles. The maximum absolute atomic E-state index is 14.9. The molecule has 1 aromatic carbocycles. The average molecular weight is 902 g/mol. The van der Waals surface area contributed by atoms with E-state index < -0.39 is 107 Å². The minimum atomic E-state index is -1.57. The zero-order valence-corrected chi connectivity index (χ0v) is 39.6. The van der Waals surface area contributed by atoms with E-state index in [0.717, 1.165) is 0 Å². The molecule has 20 heteroatoms. The number of alkyl carbamates (subject to hydrolysis) is 1. The van der Waals surface area contributed by atoms with Gasteiger partial charge in [-0.05, 0) is 106 Å². The summed E-state index contributed by atoms with van der Waals surface area (Å²) < 4.78 is 16.1. The maximum atomic E-state index is 14.9. The number of nitrogens with two attached hydrogens (primary N) is 3. The zero-order valence-electron chi connectivity index (χ0n) is 39.6. The molecule has 0 bridgehead atoms. The first-order valence-electron chi connectivity index (χ1n) is 21.0. The Hall–Kier alpha value is -6.05. The van der Waals surface area contributed by atoms with Crippen molar-refractivity contribution in [3.05, 3.63) is 47.2 Å². The molecule has 0 aliphatic carbocycles. The molecular weight excluding hydrogens is 831 g/mol. The van der Waals surface area contributed by atoms with E-state index in [-0.39, 0.29) is 37.5 Å². The van der Waals surface area contributed by atoms with Crippen molar-refractivity contribution in [1.29, 1.82) is 0 Å². The number of aliphatic imine (C=N–C) groups is 1. The lowest BCUT2D eigenvalue weighted by molar-refractivity contribution is -0.156. The fraction of sp³-hybridized carbons (Fsp3) is 0.614. The highest BCUT2D eigenvalue weighted by molar-refractivity contribution is 6.01. The molecule has 0 spiro atoms. The Morgan fingerprint density at radius 2 is 1.33 bits per heavy atom. The monoisotopic (exact) mass is 902 g/mol. The van der Waals surface area contributed by atoms with Gasteiger partial charge in [-0.3, -0.25) is 39.1 Å². The van der Waals surface area contributed by atoms with Crippen LogP contribution in [0.4, 0.5) is 9.59 Å². The van der Waals surface area contributed by atoms with Crippen molar-refractivity contribution in [2.75, 3.05) is 13.1 Å². The number of primary amides is 1. The van der Waals surface area contributed by atoms with Gasteiger partial charge in [0, 0.05) is 18.7 Å². The van der Waals surface area contributed by atoms with E-state index in [1.807, 2.05) is 0 Å². The maximum Gasteiger partial charge on any atom is 0.417 e. The summed E-state index contributed by atoms with van der Waals surface area (Å²) in [4.78, 5) is 111. The van der Waals surface area contributed by atoms with Crippen LogP contribution in [0.15, 0.2) is 46.6 Å². The fourth-order valence-corrected chi connectivity index (χ4v) is 6.00. The number of carbonyl (C=O) groups excluding carboxylic acids is 8. The highest BCUT2D eigenvalue weighted by Gasteiger charge is 2.42. The van der Waals surface area contributed by atoms with E-state index >= 15 is 0 Å². The minimum Gasteiger partial charge on any atom is -0.460 e. The molecule has 10 N–H and O–H groups in total. The van der Waals surface area contributed by atoms with Gasteiger partial charge in [0.2, 0.25) is 29.5 Å². The normalized spacial score (nSPS) is 14.4. The summed E-state index contributed by atoms with van der Waals surface area (Å²) in [6.45, 7) is 20.6. The predicted octanol–water partition coefficient (Wildman–Crippen LogP) is 2.81. The van der Waals surface area contributed by atoms with Gasteiger partial charge < -0.3 is 47.4 Å². The zero-order chi connectivity index (χ0) is 49.3. The highest BCUT2D eigenvalue weighted by Crippen LogP contribution is 2.28. The first kappa shape index (κ1) is 56.0. The van der Waals surface area contributed by atoms with Crippen LogP contribution < -0.4 is 38.5 Å². The van der Waals surface area contributed by atoms with Crippen LogP contribution in [-0.2, 0) is 49.4 Å². The van der Waals surface area contributed by atoms with Crippen LogP contribution in [0.1, 0.15) is 115 Å². The molecule has 0 radical (unpaired) electrons. The Balaban J connectivity index is 3.66. The second kappa shape index (κ2) is 24.7. The molecule has 1 aromatic rings. The molecule has 0 aromatic heterocycles. The molecule has 7 amide bonds. The smallest absolute Gasteiger partial charge is 0.417 e. The number of guanidine groups is 1. The van der Waals surface area contributed by atoms with E-state index in [4.69, 9.17) is 31.4 Å². The largest absolute Gasteiger partial charge is 0.460 e. The number of rotatable bonds is 19. The van der Waals surface area contributed by atoms with Crippen molar-refractivity contribution >= 4 is 53.7 Å². The van der Waals surface area contributed by atoms with E-state index in [9.17, 15) is 38.4 Å². The van der Waals surface area contributed by atoms with Crippen molar-refractivity contribution in [2.24, 2.45) is 34.0 Å².